The van der Waals surface area contributed by atoms with E-state index in [-0.39, 0.29) is 17.2 Å². The number of allylic oxidation sites excluding steroid dienone is 1. The number of fused-ring (bicyclic) bond motifs is 1. The van der Waals surface area contributed by atoms with Gasteiger partial charge in [-0.2, -0.15) is 0 Å². The fourth-order valence-electron chi connectivity index (χ4n) is 4.58. The maximum absolute atomic E-state index is 13.9. The Balaban J connectivity index is 1.75. The lowest BCUT2D eigenvalue weighted by molar-refractivity contribution is -0.119. The van der Waals surface area contributed by atoms with E-state index in [4.69, 9.17) is 9.47 Å². The second-order valence-corrected chi connectivity index (χ2v) is 10.3. The first-order chi connectivity index (χ1) is 16.7. The van der Waals surface area contributed by atoms with Crippen molar-refractivity contribution in [3.63, 3.8) is 0 Å². The van der Waals surface area contributed by atoms with Crippen LogP contribution in [0.5, 0.6) is 5.75 Å². The minimum Gasteiger partial charge on any atom is -0.489 e. The van der Waals surface area contributed by atoms with Crippen molar-refractivity contribution in [1.82, 2.24) is 0 Å². The molecule has 0 N–H and O–H groups in total. The summed E-state index contributed by atoms with van der Waals surface area (Å²) in [5.74, 6) is 0.584. The lowest BCUT2D eigenvalue weighted by Gasteiger charge is -2.31. The van der Waals surface area contributed by atoms with Gasteiger partial charge in [0.1, 0.15) is 12.4 Å². The van der Waals surface area contributed by atoms with Crippen LogP contribution < -0.4 is 9.64 Å². The molecule has 0 aromatic heterocycles. The van der Waals surface area contributed by atoms with E-state index in [1.165, 1.54) is 0 Å². The van der Waals surface area contributed by atoms with Gasteiger partial charge in [0, 0.05) is 12.7 Å². The van der Waals surface area contributed by atoms with Gasteiger partial charge in [-0.3, -0.25) is 9.69 Å². The summed E-state index contributed by atoms with van der Waals surface area (Å²) in [5, 5.41) is 0. The third kappa shape index (κ3) is 5.03. The van der Waals surface area contributed by atoms with Crippen LogP contribution in [-0.4, -0.2) is 13.0 Å². The zero-order chi connectivity index (χ0) is 25.2. The van der Waals surface area contributed by atoms with Crippen LogP contribution in [0.3, 0.4) is 0 Å². The molecule has 1 heterocycles. The zero-order valence-electron chi connectivity index (χ0n) is 21.4. The number of hydrogen-bond donors (Lipinski definition) is 0. The van der Waals surface area contributed by atoms with Gasteiger partial charge < -0.3 is 9.47 Å². The van der Waals surface area contributed by atoms with Crippen molar-refractivity contribution in [1.29, 1.82) is 0 Å². The maximum atomic E-state index is 13.9. The monoisotopic (exact) mass is 469 g/mol. The van der Waals surface area contributed by atoms with Crippen LogP contribution in [0.2, 0.25) is 0 Å². The van der Waals surface area contributed by atoms with E-state index < -0.39 is 5.60 Å². The highest BCUT2D eigenvalue weighted by Crippen LogP contribution is 2.49. The predicted octanol–water partition coefficient (Wildman–Crippen LogP) is 7.51. The second-order valence-electron chi connectivity index (χ2n) is 10.3. The number of methoxy groups -OCH3 is 1. The standard InChI is InChI=1S/C31H35NO3/c1-7-30(2,3)20-25-24-15-11-12-16-27(24)32(29(25)33)28-18-17-23(19-26(28)31(4,5)34-6)35-21-22-13-9-8-10-14-22/h7-19,25H,1,20-21H2,2-6H3. The number of hydrogen-bond acceptors (Lipinski definition) is 3. The number of carbonyl (C=O) groups is 1. The number of para-hydroxylation sites is 1. The van der Waals surface area contributed by atoms with E-state index in [0.717, 1.165) is 33.8 Å². The molecule has 0 spiro atoms. The van der Waals surface area contributed by atoms with Gasteiger partial charge in [-0.15, -0.1) is 6.58 Å². The van der Waals surface area contributed by atoms with E-state index in [9.17, 15) is 4.79 Å². The first-order valence-corrected chi connectivity index (χ1v) is 12.1. The second kappa shape index (κ2) is 9.71. The summed E-state index contributed by atoms with van der Waals surface area (Å²) in [6.45, 7) is 12.7. The highest BCUT2D eigenvalue weighted by atomic mass is 16.5. The fourth-order valence-corrected chi connectivity index (χ4v) is 4.58. The molecule has 0 aliphatic carbocycles. The maximum Gasteiger partial charge on any atom is 0.239 e. The molecule has 0 saturated carbocycles. The topological polar surface area (TPSA) is 38.8 Å². The average Bonchev–Trinajstić information content (AvgIpc) is 3.14. The van der Waals surface area contributed by atoms with Crippen molar-refractivity contribution in [2.75, 3.05) is 12.0 Å². The Morgan fingerprint density at radius 2 is 1.63 bits per heavy atom. The van der Waals surface area contributed by atoms with E-state index >= 15 is 0 Å². The molecule has 0 saturated heterocycles. The molecule has 0 radical (unpaired) electrons. The van der Waals surface area contributed by atoms with Gasteiger partial charge in [-0.25, -0.2) is 0 Å². The summed E-state index contributed by atoms with van der Waals surface area (Å²) in [5.41, 5.74) is 4.01. The van der Waals surface area contributed by atoms with Crippen molar-refractivity contribution in [3.8, 4) is 5.75 Å². The van der Waals surface area contributed by atoms with Crippen molar-refractivity contribution in [3.05, 3.63) is 102 Å². The largest absolute Gasteiger partial charge is 0.489 e. The number of amides is 1. The van der Waals surface area contributed by atoms with Crippen molar-refractivity contribution in [2.24, 2.45) is 5.41 Å². The minimum absolute atomic E-state index is 0.0761. The third-order valence-corrected chi connectivity index (χ3v) is 6.97. The Kier molecular flexibility index (Phi) is 6.86. The third-order valence-electron chi connectivity index (χ3n) is 6.97. The summed E-state index contributed by atoms with van der Waals surface area (Å²) in [6.07, 6.45) is 2.63. The van der Waals surface area contributed by atoms with Gasteiger partial charge in [-0.05, 0) is 61.1 Å². The van der Waals surface area contributed by atoms with Crippen LogP contribution in [0.1, 0.15) is 56.7 Å². The molecule has 1 aliphatic heterocycles. The molecular formula is C31H35NO3. The summed E-state index contributed by atoms with van der Waals surface area (Å²) in [7, 11) is 1.69. The first kappa shape index (κ1) is 24.7. The molecule has 4 nitrogen and oxygen atoms in total. The van der Waals surface area contributed by atoms with Crippen molar-refractivity contribution >= 4 is 17.3 Å². The van der Waals surface area contributed by atoms with Crippen LogP contribution >= 0.6 is 0 Å². The van der Waals surface area contributed by atoms with Crippen LogP contribution in [0.25, 0.3) is 0 Å². The fraction of sp³-hybridized carbons (Fsp3) is 0.323. The molecule has 3 aromatic rings. The molecule has 3 aromatic carbocycles. The van der Waals surface area contributed by atoms with Crippen LogP contribution in [-0.2, 0) is 21.7 Å². The van der Waals surface area contributed by atoms with E-state index in [0.29, 0.717) is 13.0 Å². The number of carbonyl (C=O) groups excluding carboxylic acids is 1. The van der Waals surface area contributed by atoms with Gasteiger partial charge in [0.25, 0.3) is 0 Å². The summed E-state index contributed by atoms with van der Waals surface area (Å²) in [6, 6.07) is 24.1. The molecule has 0 fully saturated rings. The van der Waals surface area contributed by atoms with Crippen LogP contribution in [0, 0.1) is 5.41 Å². The number of rotatable bonds is 9. The number of anilines is 2. The molecule has 35 heavy (non-hydrogen) atoms. The molecular weight excluding hydrogens is 434 g/mol. The predicted molar refractivity (Wildman–Crippen MR) is 142 cm³/mol. The molecule has 1 atom stereocenters. The summed E-state index contributed by atoms with van der Waals surface area (Å²) < 4.78 is 12.0. The Hall–Kier alpha value is -3.37. The van der Waals surface area contributed by atoms with E-state index in [2.05, 4.69) is 26.5 Å². The number of benzene rings is 3. The van der Waals surface area contributed by atoms with E-state index in [1.807, 2.05) is 91.6 Å². The number of nitrogens with zero attached hydrogens (tertiary/aromatic N) is 1. The average molecular weight is 470 g/mol. The van der Waals surface area contributed by atoms with Gasteiger partial charge in [0.2, 0.25) is 5.91 Å². The van der Waals surface area contributed by atoms with Gasteiger partial charge >= 0.3 is 0 Å². The molecule has 1 amide bonds. The Morgan fingerprint density at radius 1 is 0.943 bits per heavy atom. The molecule has 1 unspecified atom stereocenters. The Morgan fingerprint density at radius 3 is 2.31 bits per heavy atom. The van der Waals surface area contributed by atoms with Gasteiger partial charge in [0.05, 0.1) is 22.9 Å². The Bertz CT molecular complexity index is 1210. The molecule has 182 valence electrons. The summed E-state index contributed by atoms with van der Waals surface area (Å²) >= 11 is 0. The SMILES string of the molecule is C=CC(C)(C)CC1C(=O)N(c2ccc(OCc3ccccc3)cc2C(C)(C)OC)c2ccccc21. The smallest absolute Gasteiger partial charge is 0.239 e. The summed E-state index contributed by atoms with van der Waals surface area (Å²) in [4.78, 5) is 15.8. The van der Waals surface area contributed by atoms with Gasteiger partial charge in [-0.1, -0.05) is 68.5 Å². The lowest BCUT2D eigenvalue weighted by Crippen LogP contribution is -2.30. The normalized spacial score (nSPS) is 15.7. The molecule has 1 aliphatic rings. The lowest BCUT2D eigenvalue weighted by atomic mass is 9.80. The van der Waals surface area contributed by atoms with Crippen LogP contribution in [0.4, 0.5) is 11.4 Å². The minimum atomic E-state index is -0.630. The molecule has 4 rings (SSSR count). The molecule has 0 bridgehead atoms. The zero-order valence-corrected chi connectivity index (χ0v) is 21.4. The van der Waals surface area contributed by atoms with Crippen LogP contribution in [0.15, 0.2) is 85.5 Å². The van der Waals surface area contributed by atoms with Gasteiger partial charge in [0.15, 0.2) is 0 Å². The molecule has 4 heteroatoms. The number of ether oxygens (including phenoxy) is 2. The first-order valence-electron chi connectivity index (χ1n) is 12.1. The van der Waals surface area contributed by atoms with Crippen molar-refractivity contribution in [2.45, 2.75) is 52.2 Å². The Labute approximate surface area is 209 Å². The highest BCUT2D eigenvalue weighted by Gasteiger charge is 2.42. The quantitative estimate of drug-likeness (QED) is 0.304. The van der Waals surface area contributed by atoms with Crippen molar-refractivity contribution < 1.29 is 14.3 Å². The van der Waals surface area contributed by atoms with E-state index in [1.54, 1.807) is 7.11 Å². The highest BCUT2D eigenvalue weighted by molar-refractivity contribution is 6.10.